The predicted molar refractivity (Wildman–Crippen MR) is 89.3 cm³/mol. The summed E-state index contributed by atoms with van der Waals surface area (Å²) < 4.78 is 18.3. The number of amides is 2. The van der Waals surface area contributed by atoms with E-state index in [1.807, 2.05) is 30.3 Å². The van der Waals surface area contributed by atoms with Crippen LogP contribution in [0.5, 0.6) is 5.75 Å². The van der Waals surface area contributed by atoms with Crippen molar-refractivity contribution in [3.8, 4) is 5.75 Å². The fraction of sp³-hybridized carbons (Fsp3) is 0.278. The number of nitrogens with one attached hydrogen (secondary N) is 2. The van der Waals surface area contributed by atoms with Crippen molar-refractivity contribution in [3.63, 3.8) is 0 Å². The third-order valence-corrected chi connectivity index (χ3v) is 3.38. The van der Waals surface area contributed by atoms with Gasteiger partial charge in [0.15, 0.2) is 0 Å². The number of halogens is 1. The van der Waals surface area contributed by atoms with Crippen LogP contribution in [0, 0.1) is 5.82 Å². The molecular formula is C18H21FN2O3. The molecule has 5 nitrogen and oxygen atoms in total. The molecule has 24 heavy (non-hydrogen) atoms. The van der Waals surface area contributed by atoms with Gasteiger partial charge in [-0.3, -0.25) is 0 Å². The zero-order chi connectivity index (χ0) is 17.4. The Bertz CT molecular complexity index is 634. The number of hydrogen-bond donors (Lipinski definition) is 3. The molecule has 0 radical (unpaired) electrons. The Morgan fingerprint density at radius 2 is 1.79 bits per heavy atom. The van der Waals surface area contributed by atoms with E-state index in [2.05, 4.69) is 10.6 Å². The van der Waals surface area contributed by atoms with Crippen molar-refractivity contribution in [1.29, 1.82) is 0 Å². The highest BCUT2D eigenvalue weighted by Crippen LogP contribution is 2.12. The van der Waals surface area contributed by atoms with Crippen molar-refractivity contribution in [2.75, 3.05) is 13.2 Å². The molecule has 2 aromatic rings. The number of carbonyl (C=O) groups is 1. The largest absolute Gasteiger partial charge is 0.491 e. The minimum atomic E-state index is -0.476. The van der Waals surface area contributed by atoms with Gasteiger partial charge in [-0.15, -0.1) is 0 Å². The van der Waals surface area contributed by atoms with Gasteiger partial charge in [0, 0.05) is 0 Å². The van der Waals surface area contributed by atoms with Crippen molar-refractivity contribution >= 4 is 6.03 Å². The Hall–Kier alpha value is -2.60. The van der Waals surface area contributed by atoms with Crippen molar-refractivity contribution < 1.29 is 19.0 Å². The molecule has 3 N–H and O–H groups in total. The standard InChI is InChI=1S/C18H21FN2O3/c1-13(12-24-16-9-7-15(19)8-10-16)20-18(23)21-17(11-22)14-5-3-2-4-6-14/h2-10,13,17,22H,11-12H2,1H3,(H2,20,21,23). The molecule has 2 rings (SSSR count). The zero-order valence-electron chi connectivity index (χ0n) is 13.4. The van der Waals surface area contributed by atoms with Gasteiger partial charge in [-0.05, 0) is 36.8 Å². The molecular weight excluding hydrogens is 311 g/mol. The molecule has 6 heteroatoms. The molecule has 0 aliphatic rings. The predicted octanol–water partition coefficient (Wildman–Crippen LogP) is 2.63. The maximum Gasteiger partial charge on any atom is 0.315 e. The second-order valence-corrected chi connectivity index (χ2v) is 5.43. The minimum Gasteiger partial charge on any atom is -0.491 e. The van der Waals surface area contributed by atoms with E-state index in [9.17, 15) is 14.3 Å². The van der Waals surface area contributed by atoms with Gasteiger partial charge in [0.05, 0.1) is 18.7 Å². The molecule has 128 valence electrons. The summed E-state index contributed by atoms with van der Waals surface area (Å²) in [6.07, 6.45) is 0. The van der Waals surface area contributed by atoms with Gasteiger partial charge in [0.25, 0.3) is 0 Å². The molecule has 0 bridgehead atoms. The van der Waals surface area contributed by atoms with E-state index in [0.29, 0.717) is 5.75 Å². The summed E-state index contributed by atoms with van der Waals surface area (Å²) in [7, 11) is 0. The average molecular weight is 332 g/mol. The lowest BCUT2D eigenvalue weighted by Crippen LogP contribution is -2.45. The maximum atomic E-state index is 12.8. The maximum absolute atomic E-state index is 12.8. The number of carbonyl (C=O) groups excluding carboxylic acids is 1. The first-order valence-corrected chi connectivity index (χ1v) is 7.69. The monoisotopic (exact) mass is 332 g/mol. The molecule has 0 aliphatic carbocycles. The van der Waals surface area contributed by atoms with Crippen LogP contribution >= 0.6 is 0 Å². The minimum absolute atomic E-state index is 0.197. The van der Waals surface area contributed by atoms with Crippen LogP contribution < -0.4 is 15.4 Å². The van der Waals surface area contributed by atoms with Crippen molar-refractivity contribution in [2.45, 2.75) is 19.0 Å². The molecule has 0 aromatic heterocycles. The second kappa shape index (κ2) is 8.88. The Morgan fingerprint density at radius 3 is 2.42 bits per heavy atom. The highest BCUT2D eigenvalue weighted by Gasteiger charge is 2.15. The molecule has 2 amide bonds. The average Bonchev–Trinajstić information content (AvgIpc) is 2.60. The molecule has 2 atom stereocenters. The topological polar surface area (TPSA) is 70.6 Å². The summed E-state index contributed by atoms with van der Waals surface area (Å²) in [6.45, 7) is 1.84. The molecule has 0 spiro atoms. The van der Waals surface area contributed by atoms with Crippen LogP contribution in [0.3, 0.4) is 0 Å². The summed E-state index contributed by atoms with van der Waals surface area (Å²) in [4.78, 5) is 12.0. The van der Waals surface area contributed by atoms with E-state index >= 15 is 0 Å². The molecule has 0 aliphatic heterocycles. The normalized spacial score (nSPS) is 13.0. The van der Waals surface area contributed by atoms with Gasteiger partial charge in [-0.25, -0.2) is 9.18 Å². The molecule has 0 heterocycles. The van der Waals surface area contributed by atoms with E-state index in [1.54, 1.807) is 6.92 Å². The van der Waals surface area contributed by atoms with Crippen LogP contribution in [0.4, 0.5) is 9.18 Å². The lowest BCUT2D eigenvalue weighted by Gasteiger charge is -2.20. The Kier molecular flexibility index (Phi) is 6.57. The Morgan fingerprint density at radius 1 is 1.12 bits per heavy atom. The fourth-order valence-electron chi connectivity index (χ4n) is 2.14. The van der Waals surface area contributed by atoms with Crippen LogP contribution in [0.1, 0.15) is 18.5 Å². The SMILES string of the molecule is CC(COc1ccc(F)cc1)NC(=O)NC(CO)c1ccccc1. The smallest absolute Gasteiger partial charge is 0.315 e. The van der Waals surface area contributed by atoms with E-state index in [1.165, 1.54) is 24.3 Å². The third-order valence-electron chi connectivity index (χ3n) is 3.38. The lowest BCUT2D eigenvalue weighted by molar-refractivity contribution is 0.208. The Labute approximate surface area is 140 Å². The number of benzene rings is 2. The number of urea groups is 1. The van der Waals surface area contributed by atoms with Crippen LogP contribution in [0.25, 0.3) is 0 Å². The van der Waals surface area contributed by atoms with Crippen molar-refractivity contribution in [1.82, 2.24) is 10.6 Å². The van der Waals surface area contributed by atoms with Gasteiger partial charge in [-0.2, -0.15) is 0 Å². The fourth-order valence-corrected chi connectivity index (χ4v) is 2.14. The third kappa shape index (κ3) is 5.55. The first-order valence-electron chi connectivity index (χ1n) is 7.69. The summed E-state index contributed by atoms with van der Waals surface area (Å²) in [5.74, 6) is 0.201. The van der Waals surface area contributed by atoms with Gasteiger partial charge < -0.3 is 20.5 Å². The van der Waals surface area contributed by atoms with Crippen molar-refractivity contribution in [3.05, 3.63) is 66.0 Å². The summed E-state index contributed by atoms with van der Waals surface area (Å²) in [5.41, 5.74) is 0.824. The van der Waals surface area contributed by atoms with E-state index < -0.39 is 12.1 Å². The number of ether oxygens (including phenoxy) is 1. The van der Waals surface area contributed by atoms with Crippen LogP contribution in [0.2, 0.25) is 0 Å². The van der Waals surface area contributed by atoms with Crippen LogP contribution in [-0.4, -0.2) is 30.4 Å². The lowest BCUT2D eigenvalue weighted by atomic mass is 10.1. The number of aliphatic hydroxyl groups is 1. The van der Waals surface area contributed by atoms with Crippen LogP contribution in [-0.2, 0) is 0 Å². The number of hydrogen-bond acceptors (Lipinski definition) is 3. The van der Waals surface area contributed by atoms with Crippen molar-refractivity contribution in [2.24, 2.45) is 0 Å². The first kappa shape index (κ1) is 17.7. The molecule has 0 saturated heterocycles. The van der Waals surface area contributed by atoms with Gasteiger partial charge >= 0.3 is 6.03 Å². The number of rotatable bonds is 7. The molecule has 0 saturated carbocycles. The molecule has 2 unspecified atom stereocenters. The summed E-state index contributed by atoms with van der Waals surface area (Å²) >= 11 is 0. The van der Waals surface area contributed by atoms with E-state index in [-0.39, 0.29) is 25.1 Å². The molecule has 0 fully saturated rings. The second-order valence-electron chi connectivity index (χ2n) is 5.43. The molecule has 2 aromatic carbocycles. The van der Waals surface area contributed by atoms with Gasteiger partial charge in [-0.1, -0.05) is 30.3 Å². The summed E-state index contributed by atoms with van der Waals surface area (Å²) in [5, 5.41) is 14.9. The van der Waals surface area contributed by atoms with Crippen LogP contribution in [0.15, 0.2) is 54.6 Å². The van der Waals surface area contributed by atoms with Gasteiger partial charge in [0.2, 0.25) is 0 Å². The number of aliphatic hydroxyl groups excluding tert-OH is 1. The zero-order valence-corrected chi connectivity index (χ0v) is 13.4. The van der Waals surface area contributed by atoms with E-state index in [0.717, 1.165) is 5.56 Å². The highest BCUT2D eigenvalue weighted by molar-refractivity contribution is 5.74. The van der Waals surface area contributed by atoms with E-state index in [4.69, 9.17) is 4.74 Å². The quantitative estimate of drug-likeness (QED) is 0.730. The Balaban J connectivity index is 1.79. The first-order chi connectivity index (χ1) is 11.6. The van der Waals surface area contributed by atoms with Gasteiger partial charge in [0.1, 0.15) is 18.2 Å². The summed E-state index contributed by atoms with van der Waals surface area (Å²) in [6, 6.07) is 13.8. The highest BCUT2D eigenvalue weighted by atomic mass is 19.1.